The Balaban J connectivity index is 1.68. The molecule has 0 atom stereocenters. The van der Waals surface area contributed by atoms with E-state index in [-0.39, 0.29) is 65.5 Å². The quantitative estimate of drug-likeness (QED) is 0.253. The largest absolute Gasteiger partial charge is 0.390 e. The molecule has 4 rings (SSSR count). The molecule has 224 valence electrons. The van der Waals surface area contributed by atoms with Crippen LogP contribution in [-0.4, -0.2) is 47.8 Å². The van der Waals surface area contributed by atoms with E-state index in [1.54, 1.807) is 0 Å². The van der Waals surface area contributed by atoms with Crippen molar-refractivity contribution in [2.24, 2.45) is 0 Å². The number of carbonyl (C=O) groups is 1. The molecule has 15 heteroatoms. The fourth-order valence-corrected chi connectivity index (χ4v) is 5.50. The van der Waals surface area contributed by atoms with Crippen LogP contribution >= 0.6 is 0 Å². The molecule has 0 saturated heterocycles. The second kappa shape index (κ2) is 11.7. The van der Waals surface area contributed by atoms with Gasteiger partial charge in [-0.05, 0) is 62.2 Å². The number of rotatable bonds is 8. The smallest absolute Gasteiger partial charge is 0.382 e. The van der Waals surface area contributed by atoms with Crippen molar-refractivity contribution in [1.29, 1.82) is 5.26 Å². The molecule has 3 aromatic rings. The van der Waals surface area contributed by atoms with E-state index in [1.165, 1.54) is 41.8 Å². The fourth-order valence-electron chi connectivity index (χ4n) is 4.53. The molecule has 8 nitrogen and oxygen atoms in total. The highest BCUT2D eigenvalue weighted by Crippen LogP contribution is 2.34. The summed E-state index contributed by atoms with van der Waals surface area (Å²) in [6.45, 7) is 1.52. The highest BCUT2D eigenvalue weighted by Gasteiger charge is 2.36. The van der Waals surface area contributed by atoms with E-state index < -0.39 is 52.2 Å². The number of imidazole rings is 1. The van der Waals surface area contributed by atoms with Crippen LogP contribution in [-0.2, 0) is 10.1 Å². The number of hydrogen-bond donors (Lipinski definition) is 1. The first kappa shape index (κ1) is 30.9. The van der Waals surface area contributed by atoms with Gasteiger partial charge in [-0.15, -0.1) is 0 Å². The number of aromatic nitrogens is 2. The molecule has 1 heterocycles. The Kier molecular flexibility index (Phi) is 8.58. The number of hydrogen-bond acceptors (Lipinski definition) is 6. The van der Waals surface area contributed by atoms with Crippen LogP contribution in [0.1, 0.15) is 53.8 Å². The van der Waals surface area contributed by atoms with Gasteiger partial charge in [0.05, 0.1) is 29.5 Å². The molecule has 0 aliphatic heterocycles. The lowest BCUT2D eigenvalue weighted by Gasteiger charge is -2.28. The van der Waals surface area contributed by atoms with E-state index >= 15 is 0 Å². The summed E-state index contributed by atoms with van der Waals surface area (Å²) >= 11 is 0. The molecule has 1 N–H and O–H groups in total. The lowest BCUT2D eigenvalue weighted by molar-refractivity contribution is -0.130. The van der Waals surface area contributed by atoms with Crippen LogP contribution in [0, 0.1) is 24.1 Å². The molecule has 1 fully saturated rings. The summed E-state index contributed by atoms with van der Waals surface area (Å²) in [6.07, 6.45) is -6.90. The molecular formula is C27H24F6N4O4S. The van der Waals surface area contributed by atoms with Crippen LogP contribution in [0.15, 0.2) is 42.5 Å². The first-order chi connectivity index (χ1) is 19.6. The lowest BCUT2D eigenvalue weighted by atomic mass is 9.92. The lowest BCUT2D eigenvalue weighted by Crippen LogP contribution is -2.40. The first-order valence-corrected chi connectivity index (χ1v) is 14.2. The second-order valence-corrected chi connectivity index (χ2v) is 11.5. The van der Waals surface area contributed by atoms with Gasteiger partial charge < -0.3 is 9.50 Å². The Morgan fingerprint density at radius 3 is 2.40 bits per heavy atom. The monoisotopic (exact) mass is 614 g/mol. The van der Waals surface area contributed by atoms with E-state index in [0.29, 0.717) is 0 Å². The maximum atomic E-state index is 14.3. The van der Waals surface area contributed by atoms with Crippen molar-refractivity contribution in [2.75, 3.05) is 5.75 Å². The van der Waals surface area contributed by atoms with Crippen LogP contribution in [0.5, 0.6) is 5.75 Å². The van der Waals surface area contributed by atoms with Gasteiger partial charge in [0.25, 0.3) is 5.91 Å². The highest BCUT2D eigenvalue weighted by molar-refractivity contribution is 7.87. The Morgan fingerprint density at radius 1 is 1.17 bits per heavy atom. The number of nitrogens with zero attached hydrogens (tertiary/aromatic N) is 3. The van der Waals surface area contributed by atoms with E-state index in [2.05, 4.69) is 10.3 Å². The van der Waals surface area contributed by atoms with Gasteiger partial charge >= 0.3 is 16.3 Å². The minimum Gasteiger partial charge on any atom is -0.382 e. The average molecular weight is 615 g/mol. The van der Waals surface area contributed by atoms with E-state index in [0.717, 1.165) is 12.1 Å². The molecular weight excluding hydrogens is 590 g/mol. The van der Waals surface area contributed by atoms with Crippen molar-refractivity contribution in [3.63, 3.8) is 0 Å². The molecule has 0 radical (unpaired) electrons. The summed E-state index contributed by atoms with van der Waals surface area (Å²) < 4.78 is 109. The predicted octanol–water partition coefficient (Wildman–Crippen LogP) is 5.83. The third-order valence-electron chi connectivity index (χ3n) is 6.61. The fraction of sp³-hybridized carbons (Fsp3) is 0.370. The van der Waals surface area contributed by atoms with Gasteiger partial charge in [-0.3, -0.25) is 9.36 Å². The molecule has 42 heavy (non-hydrogen) atoms. The minimum atomic E-state index is -4.69. The number of amides is 1. The van der Waals surface area contributed by atoms with Crippen LogP contribution in [0.2, 0.25) is 0 Å². The number of alkyl halides is 5. The van der Waals surface area contributed by atoms with Crippen LogP contribution in [0.4, 0.5) is 26.3 Å². The topological polar surface area (TPSA) is 114 Å². The van der Waals surface area contributed by atoms with Gasteiger partial charge in [-0.25, -0.2) is 18.2 Å². The molecule has 2 aromatic carbocycles. The van der Waals surface area contributed by atoms with Crippen molar-refractivity contribution in [3.05, 3.63) is 65.2 Å². The van der Waals surface area contributed by atoms with E-state index in [9.17, 15) is 44.8 Å². The SMILES string of the molecule is Cc1c(C(=O)NC2CCC(F)(F)CC2)nc(-c2cc(F)cc(C#N)c2)n1-c1ccc(OS(=O)(=O)CCC(F)(F)F)cc1. The van der Waals surface area contributed by atoms with Gasteiger partial charge in [0.15, 0.2) is 0 Å². The highest BCUT2D eigenvalue weighted by atomic mass is 32.2. The van der Waals surface area contributed by atoms with E-state index in [4.69, 9.17) is 4.18 Å². The van der Waals surface area contributed by atoms with Crippen molar-refractivity contribution in [3.8, 4) is 28.9 Å². The minimum absolute atomic E-state index is 0.0286. The maximum Gasteiger partial charge on any atom is 0.390 e. The summed E-state index contributed by atoms with van der Waals surface area (Å²) in [7, 11) is -4.56. The molecule has 1 aliphatic rings. The molecule has 1 amide bonds. The number of nitrogens with one attached hydrogen (secondary N) is 1. The second-order valence-electron chi connectivity index (χ2n) is 9.85. The number of nitriles is 1. The normalized spacial score (nSPS) is 15.7. The Bertz CT molecular complexity index is 1620. The van der Waals surface area contributed by atoms with Gasteiger partial charge in [0, 0.05) is 30.1 Å². The predicted molar refractivity (Wildman–Crippen MR) is 138 cm³/mol. The third kappa shape index (κ3) is 7.61. The van der Waals surface area contributed by atoms with Crippen LogP contribution in [0.3, 0.4) is 0 Å². The van der Waals surface area contributed by atoms with Crippen LogP contribution in [0.25, 0.3) is 17.1 Å². The Morgan fingerprint density at radius 2 is 1.81 bits per heavy atom. The molecule has 1 saturated carbocycles. The van der Waals surface area contributed by atoms with E-state index in [1.807, 2.05) is 6.07 Å². The molecule has 1 aliphatic carbocycles. The summed E-state index contributed by atoms with van der Waals surface area (Å²) in [4.78, 5) is 17.6. The number of benzene rings is 2. The Hall–Kier alpha value is -4.06. The average Bonchev–Trinajstić information content (AvgIpc) is 3.25. The number of carbonyl (C=O) groups excluding carboxylic acids is 1. The Labute approximate surface area is 237 Å². The zero-order valence-corrected chi connectivity index (χ0v) is 22.8. The third-order valence-corrected chi connectivity index (χ3v) is 7.76. The summed E-state index contributed by atoms with van der Waals surface area (Å²) in [6, 6.07) is 9.81. The molecule has 0 unspecified atom stereocenters. The summed E-state index contributed by atoms with van der Waals surface area (Å²) in [5.74, 6) is -5.72. The van der Waals surface area contributed by atoms with Gasteiger partial charge in [0.1, 0.15) is 23.1 Å². The maximum absolute atomic E-state index is 14.3. The molecule has 1 aromatic heterocycles. The van der Waals surface area contributed by atoms with Crippen molar-refractivity contribution in [2.45, 2.75) is 57.2 Å². The summed E-state index contributed by atoms with van der Waals surface area (Å²) in [5, 5.41) is 12.0. The molecule has 0 bridgehead atoms. The number of halogens is 6. The van der Waals surface area contributed by atoms with Crippen molar-refractivity contribution in [1.82, 2.24) is 14.9 Å². The van der Waals surface area contributed by atoms with Gasteiger partial charge in [-0.1, -0.05) is 0 Å². The van der Waals surface area contributed by atoms with Crippen LogP contribution < -0.4 is 9.50 Å². The first-order valence-electron chi connectivity index (χ1n) is 12.6. The van der Waals surface area contributed by atoms with Crippen molar-refractivity contribution >= 4 is 16.0 Å². The molecule has 0 spiro atoms. The van der Waals surface area contributed by atoms with Gasteiger partial charge in [-0.2, -0.15) is 26.9 Å². The summed E-state index contributed by atoms with van der Waals surface area (Å²) in [5.41, 5.74) is 0.535. The zero-order chi connectivity index (χ0) is 30.9. The standard InChI is InChI=1S/C27H24F6N4O4S/c1-16-23(25(38)35-20-6-8-26(29,30)9-7-20)36-24(18-12-17(15-34)13-19(28)14-18)37(16)21-2-4-22(5-3-21)41-42(39,40)11-10-27(31,32)33/h2-5,12-14,20H,6-11H2,1H3,(H,35,38). The van der Waals surface area contributed by atoms with Crippen molar-refractivity contribution < 1.29 is 43.7 Å². The zero-order valence-electron chi connectivity index (χ0n) is 22.0. The van der Waals surface area contributed by atoms with Gasteiger partial charge in [0.2, 0.25) is 5.92 Å².